The maximum atomic E-state index is 10.5. The Labute approximate surface area is 123 Å². The summed E-state index contributed by atoms with van der Waals surface area (Å²) in [5.74, 6) is 0. The maximum absolute atomic E-state index is 10.5. The number of nitriles is 1. The van der Waals surface area contributed by atoms with Gasteiger partial charge in [-0.1, -0.05) is 6.07 Å². The number of hydrogen-bond acceptors (Lipinski definition) is 3. The van der Waals surface area contributed by atoms with Crippen molar-refractivity contribution in [2.75, 3.05) is 13.2 Å². The summed E-state index contributed by atoms with van der Waals surface area (Å²) in [5, 5.41) is 19.9. The Morgan fingerprint density at radius 2 is 2.17 bits per heavy atom. The van der Waals surface area contributed by atoms with Crippen LogP contribution in [-0.2, 0) is 4.74 Å². The van der Waals surface area contributed by atoms with E-state index in [1.54, 1.807) is 0 Å². The first-order valence-corrected chi connectivity index (χ1v) is 7.30. The van der Waals surface area contributed by atoms with Gasteiger partial charge in [0.15, 0.2) is 0 Å². The molecule has 0 radical (unpaired) electrons. The third-order valence-electron chi connectivity index (χ3n) is 3.28. The minimum absolute atomic E-state index is 0.290. The van der Waals surface area contributed by atoms with Gasteiger partial charge in [0.1, 0.15) is 5.41 Å². The lowest BCUT2D eigenvalue weighted by Crippen LogP contribution is -2.36. The predicted octanol–water partition coefficient (Wildman–Crippen LogP) is 3.57. The van der Waals surface area contributed by atoms with Gasteiger partial charge in [0.2, 0.25) is 0 Å². The Balaban J connectivity index is 2.31. The summed E-state index contributed by atoms with van der Waals surface area (Å²) >= 11 is 6.79. The van der Waals surface area contributed by atoms with E-state index in [9.17, 15) is 10.4 Å². The number of aliphatic hydroxyl groups is 1. The molecule has 1 N–H and O–H groups in total. The van der Waals surface area contributed by atoms with Gasteiger partial charge in [0.25, 0.3) is 0 Å². The van der Waals surface area contributed by atoms with Crippen LogP contribution in [0.2, 0.25) is 0 Å². The van der Waals surface area contributed by atoms with Gasteiger partial charge in [-0.15, -0.1) is 0 Å². The van der Waals surface area contributed by atoms with E-state index < -0.39 is 11.5 Å². The molecule has 1 heterocycles. The third-order valence-corrected chi connectivity index (χ3v) is 5.16. The van der Waals surface area contributed by atoms with Crippen molar-refractivity contribution in [2.24, 2.45) is 5.41 Å². The highest BCUT2D eigenvalue weighted by molar-refractivity contribution is 9.13. The van der Waals surface area contributed by atoms with Crippen LogP contribution in [0.4, 0.5) is 0 Å². The molecule has 2 unspecified atom stereocenters. The smallest absolute Gasteiger partial charge is 0.111 e. The molecule has 1 aromatic rings. The molecule has 1 aliphatic rings. The number of aliphatic hydroxyl groups excluding tert-OH is 1. The molecule has 0 aromatic heterocycles. The molecule has 0 spiro atoms. The first-order valence-electron chi connectivity index (χ1n) is 5.71. The second-order valence-corrected chi connectivity index (χ2v) is 6.21. The summed E-state index contributed by atoms with van der Waals surface area (Å²) < 4.78 is 7.15. The number of halogens is 2. The fraction of sp³-hybridized carbons (Fsp3) is 0.462. The molecular weight excluding hydrogens is 362 g/mol. The number of hydrogen-bond donors (Lipinski definition) is 1. The van der Waals surface area contributed by atoms with Crippen LogP contribution in [0.3, 0.4) is 0 Å². The van der Waals surface area contributed by atoms with E-state index >= 15 is 0 Å². The quantitative estimate of drug-likeness (QED) is 0.860. The van der Waals surface area contributed by atoms with E-state index in [-0.39, 0.29) is 0 Å². The molecule has 1 fully saturated rings. The standard InChI is InChI=1S/C13H13Br2NO2/c14-10-3-2-9(6-11(10)15)12(17)13(7-16)4-1-5-18-8-13/h2-3,6,12,17H,1,4-5,8H2. The Hall–Kier alpha value is -0.410. The van der Waals surface area contributed by atoms with Gasteiger partial charge >= 0.3 is 0 Å². The van der Waals surface area contributed by atoms with Crippen LogP contribution in [0.15, 0.2) is 27.1 Å². The van der Waals surface area contributed by atoms with Gasteiger partial charge < -0.3 is 9.84 Å². The molecule has 1 aliphatic heterocycles. The van der Waals surface area contributed by atoms with Crippen LogP contribution >= 0.6 is 31.9 Å². The zero-order chi connectivity index (χ0) is 13.2. The molecule has 18 heavy (non-hydrogen) atoms. The number of ether oxygens (including phenoxy) is 1. The summed E-state index contributed by atoms with van der Waals surface area (Å²) in [7, 11) is 0. The lowest BCUT2D eigenvalue weighted by Gasteiger charge is -2.35. The topological polar surface area (TPSA) is 53.2 Å². The summed E-state index contributed by atoms with van der Waals surface area (Å²) in [6.45, 7) is 0.957. The number of rotatable bonds is 2. The second-order valence-electron chi connectivity index (χ2n) is 4.50. The second kappa shape index (κ2) is 5.70. The minimum atomic E-state index is -0.828. The third kappa shape index (κ3) is 2.62. The molecule has 96 valence electrons. The zero-order valence-corrected chi connectivity index (χ0v) is 12.9. The van der Waals surface area contributed by atoms with Gasteiger partial charge in [-0.05, 0) is 62.4 Å². The lowest BCUT2D eigenvalue weighted by molar-refractivity contribution is -0.0506. The first kappa shape index (κ1) is 14.0. The first-order chi connectivity index (χ1) is 8.59. The average molecular weight is 375 g/mol. The average Bonchev–Trinajstić information content (AvgIpc) is 2.42. The summed E-state index contributed by atoms with van der Waals surface area (Å²) in [4.78, 5) is 0. The van der Waals surface area contributed by atoms with Crippen LogP contribution in [0, 0.1) is 16.7 Å². The number of nitrogens with zero attached hydrogens (tertiary/aromatic N) is 1. The Kier molecular flexibility index (Phi) is 4.44. The lowest BCUT2D eigenvalue weighted by atomic mass is 9.76. The van der Waals surface area contributed by atoms with Crippen LogP contribution in [-0.4, -0.2) is 18.3 Å². The molecule has 0 bridgehead atoms. The van der Waals surface area contributed by atoms with Crippen molar-refractivity contribution >= 4 is 31.9 Å². The molecule has 5 heteroatoms. The Morgan fingerprint density at radius 1 is 1.39 bits per heavy atom. The normalized spacial score (nSPS) is 25.4. The SMILES string of the molecule is N#CC1(C(O)c2ccc(Br)c(Br)c2)CCCOC1. The molecule has 3 nitrogen and oxygen atoms in total. The van der Waals surface area contributed by atoms with E-state index in [0.717, 1.165) is 20.9 Å². The summed E-state index contributed by atoms with van der Waals surface area (Å²) in [6.07, 6.45) is 0.646. The number of benzene rings is 1. The molecule has 1 saturated heterocycles. The highest BCUT2D eigenvalue weighted by atomic mass is 79.9. The van der Waals surface area contributed by atoms with Crippen LogP contribution in [0.25, 0.3) is 0 Å². The maximum Gasteiger partial charge on any atom is 0.111 e. The fourth-order valence-corrected chi connectivity index (χ4v) is 2.83. The van der Waals surface area contributed by atoms with Crippen molar-refractivity contribution in [2.45, 2.75) is 18.9 Å². The molecule has 1 aromatic carbocycles. The van der Waals surface area contributed by atoms with Crippen molar-refractivity contribution < 1.29 is 9.84 Å². The molecule has 2 atom stereocenters. The van der Waals surface area contributed by atoms with Crippen LogP contribution in [0.1, 0.15) is 24.5 Å². The molecule has 2 rings (SSSR count). The summed E-state index contributed by atoms with van der Waals surface area (Å²) in [6, 6.07) is 7.77. The van der Waals surface area contributed by atoms with E-state index in [1.165, 1.54) is 0 Å². The van der Waals surface area contributed by atoms with Crippen LogP contribution in [0.5, 0.6) is 0 Å². The van der Waals surface area contributed by atoms with Crippen molar-refractivity contribution in [1.82, 2.24) is 0 Å². The van der Waals surface area contributed by atoms with Gasteiger partial charge in [-0.25, -0.2) is 0 Å². The molecule has 0 aliphatic carbocycles. The van der Waals surface area contributed by atoms with Gasteiger partial charge in [0.05, 0.1) is 18.8 Å². The molecule has 0 amide bonds. The fourth-order valence-electron chi connectivity index (χ4n) is 2.18. The highest BCUT2D eigenvalue weighted by Gasteiger charge is 2.41. The Morgan fingerprint density at radius 3 is 2.72 bits per heavy atom. The molecular formula is C13H13Br2NO2. The van der Waals surface area contributed by atoms with Gasteiger partial charge in [-0.3, -0.25) is 0 Å². The van der Waals surface area contributed by atoms with Crippen LogP contribution < -0.4 is 0 Å². The summed E-state index contributed by atoms with van der Waals surface area (Å²) in [5.41, 5.74) is -0.0944. The monoisotopic (exact) mass is 373 g/mol. The van der Waals surface area contributed by atoms with E-state index in [2.05, 4.69) is 37.9 Å². The minimum Gasteiger partial charge on any atom is -0.387 e. The van der Waals surface area contributed by atoms with Crippen molar-refractivity contribution in [3.8, 4) is 6.07 Å². The van der Waals surface area contributed by atoms with Gasteiger partial charge in [0, 0.05) is 15.6 Å². The van der Waals surface area contributed by atoms with Crippen molar-refractivity contribution in [3.05, 3.63) is 32.7 Å². The molecule has 0 saturated carbocycles. The highest BCUT2D eigenvalue weighted by Crippen LogP contribution is 2.41. The van der Waals surface area contributed by atoms with E-state index in [1.807, 2.05) is 18.2 Å². The predicted molar refractivity (Wildman–Crippen MR) is 74.9 cm³/mol. The van der Waals surface area contributed by atoms with Crippen molar-refractivity contribution in [1.29, 1.82) is 5.26 Å². The zero-order valence-electron chi connectivity index (χ0n) is 9.70. The van der Waals surface area contributed by atoms with Crippen molar-refractivity contribution in [3.63, 3.8) is 0 Å². The Bertz CT molecular complexity index is 478. The van der Waals surface area contributed by atoms with E-state index in [4.69, 9.17) is 4.74 Å². The largest absolute Gasteiger partial charge is 0.387 e. The van der Waals surface area contributed by atoms with Gasteiger partial charge in [-0.2, -0.15) is 5.26 Å². The van der Waals surface area contributed by atoms with E-state index in [0.29, 0.717) is 19.6 Å².